The lowest BCUT2D eigenvalue weighted by atomic mass is 9.60. The maximum absolute atomic E-state index is 10.7. The molecule has 1 saturated carbocycles. The summed E-state index contributed by atoms with van der Waals surface area (Å²) in [7, 11) is 0. The quantitative estimate of drug-likeness (QED) is 0.845. The van der Waals surface area contributed by atoms with Crippen LogP contribution < -0.4 is 10.5 Å². The highest BCUT2D eigenvalue weighted by molar-refractivity contribution is 9.10. The number of rotatable bonds is 5. The minimum absolute atomic E-state index is 0.0621. The summed E-state index contributed by atoms with van der Waals surface area (Å²) < 4.78 is 6.84. The highest BCUT2D eigenvalue weighted by Gasteiger charge is 2.47. The van der Waals surface area contributed by atoms with Gasteiger partial charge in [-0.05, 0) is 42.9 Å². The Hall–Kier alpha value is -0.580. The van der Waals surface area contributed by atoms with Crippen molar-refractivity contribution in [1.29, 1.82) is 0 Å². The third-order valence-corrected chi connectivity index (χ3v) is 5.38. The number of nitrogens with two attached hydrogens (primary N) is 1. The standard InChI is InChI=1S/C17H26BrNO2/c1-16(2)7-4-8-17(12-19,15(16)20)9-10-21-14-6-3-5-13(18)11-14/h3,5-6,11,15,20H,4,7-10,12,19H2,1-2H3. The average Bonchev–Trinajstić information content (AvgIpc) is 2.44. The maximum Gasteiger partial charge on any atom is 0.120 e. The van der Waals surface area contributed by atoms with Crippen molar-refractivity contribution in [2.24, 2.45) is 16.6 Å². The summed E-state index contributed by atoms with van der Waals surface area (Å²) in [5.41, 5.74) is 5.75. The summed E-state index contributed by atoms with van der Waals surface area (Å²) in [6.07, 6.45) is 3.59. The monoisotopic (exact) mass is 355 g/mol. The molecule has 0 aliphatic heterocycles. The van der Waals surface area contributed by atoms with Crippen molar-refractivity contribution in [3.63, 3.8) is 0 Å². The average molecular weight is 356 g/mol. The van der Waals surface area contributed by atoms with Crippen LogP contribution in [-0.4, -0.2) is 24.4 Å². The molecule has 1 fully saturated rings. The number of hydrogen-bond donors (Lipinski definition) is 2. The van der Waals surface area contributed by atoms with Crippen LogP contribution >= 0.6 is 15.9 Å². The fraction of sp³-hybridized carbons (Fsp3) is 0.647. The van der Waals surface area contributed by atoms with E-state index in [2.05, 4.69) is 29.8 Å². The Morgan fingerprint density at radius 3 is 2.81 bits per heavy atom. The number of halogens is 1. The Labute approximate surface area is 136 Å². The van der Waals surface area contributed by atoms with Crippen molar-refractivity contribution in [2.45, 2.75) is 45.6 Å². The predicted molar refractivity (Wildman–Crippen MR) is 89.4 cm³/mol. The SMILES string of the molecule is CC1(C)CCCC(CN)(CCOc2cccc(Br)c2)C1O. The van der Waals surface area contributed by atoms with Gasteiger partial charge in [0.2, 0.25) is 0 Å². The molecule has 1 aliphatic rings. The number of ether oxygens (including phenoxy) is 1. The van der Waals surface area contributed by atoms with Gasteiger partial charge in [-0.2, -0.15) is 0 Å². The lowest BCUT2D eigenvalue weighted by Crippen LogP contribution is -2.52. The molecule has 0 amide bonds. The first-order valence-corrected chi connectivity index (χ1v) is 8.45. The molecule has 3 N–H and O–H groups in total. The number of aliphatic hydroxyl groups is 1. The number of hydrogen-bond acceptors (Lipinski definition) is 3. The summed E-state index contributed by atoms with van der Waals surface area (Å²) in [5.74, 6) is 0.848. The van der Waals surface area contributed by atoms with Gasteiger partial charge in [0, 0.05) is 16.4 Å². The Bertz CT molecular complexity index is 478. The molecule has 1 aromatic carbocycles. The molecule has 0 aromatic heterocycles. The van der Waals surface area contributed by atoms with Crippen molar-refractivity contribution in [1.82, 2.24) is 0 Å². The highest BCUT2D eigenvalue weighted by Crippen LogP contribution is 2.47. The molecule has 2 rings (SSSR count). The second-order valence-electron chi connectivity index (χ2n) is 6.87. The molecule has 2 atom stereocenters. The van der Waals surface area contributed by atoms with E-state index in [-0.39, 0.29) is 16.9 Å². The summed E-state index contributed by atoms with van der Waals surface area (Å²) in [5, 5.41) is 10.7. The lowest BCUT2D eigenvalue weighted by Gasteiger charge is -2.49. The Kier molecular flexibility index (Phi) is 5.33. The van der Waals surface area contributed by atoms with Crippen molar-refractivity contribution in [3.8, 4) is 5.75 Å². The Balaban J connectivity index is 1.99. The molecule has 2 unspecified atom stereocenters. The van der Waals surface area contributed by atoms with Gasteiger partial charge < -0.3 is 15.6 Å². The van der Waals surface area contributed by atoms with E-state index in [4.69, 9.17) is 10.5 Å². The highest BCUT2D eigenvalue weighted by atomic mass is 79.9. The van der Waals surface area contributed by atoms with Gasteiger partial charge in [0.15, 0.2) is 0 Å². The molecule has 0 spiro atoms. The van der Waals surface area contributed by atoms with Crippen LogP contribution in [-0.2, 0) is 0 Å². The molecule has 0 bridgehead atoms. The van der Waals surface area contributed by atoms with Crippen molar-refractivity contribution in [2.75, 3.05) is 13.2 Å². The van der Waals surface area contributed by atoms with Gasteiger partial charge >= 0.3 is 0 Å². The minimum Gasteiger partial charge on any atom is -0.494 e. The van der Waals surface area contributed by atoms with Gasteiger partial charge in [-0.3, -0.25) is 0 Å². The zero-order valence-electron chi connectivity index (χ0n) is 12.9. The molecule has 118 valence electrons. The molecule has 0 saturated heterocycles. The Morgan fingerprint density at radius 1 is 1.38 bits per heavy atom. The van der Waals surface area contributed by atoms with E-state index in [1.54, 1.807) is 0 Å². The van der Waals surface area contributed by atoms with Crippen LogP contribution in [0.5, 0.6) is 5.75 Å². The molecule has 21 heavy (non-hydrogen) atoms. The van der Waals surface area contributed by atoms with Crippen molar-refractivity contribution in [3.05, 3.63) is 28.7 Å². The first-order valence-electron chi connectivity index (χ1n) is 7.66. The fourth-order valence-electron chi connectivity index (χ4n) is 3.50. The predicted octanol–water partition coefficient (Wildman–Crippen LogP) is 3.73. The van der Waals surface area contributed by atoms with E-state index in [9.17, 15) is 5.11 Å². The van der Waals surface area contributed by atoms with Gasteiger partial charge in [0.1, 0.15) is 5.75 Å². The summed E-state index contributed by atoms with van der Waals surface area (Å²) in [6.45, 7) is 5.37. The smallest absolute Gasteiger partial charge is 0.120 e. The number of aliphatic hydroxyl groups excluding tert-OH is 1. The van der Waals surface area contributed by atoms with Crippen LogP contribution in [0.15, 0.2) is 28.7 Å². The van der Waals surface area contributed by atoms with E-state index in [0.29, 0.717) is 13.2 Å². The van der Waals surface area contributed by atoms with Gasteiger partial charge in [-0.25, -0.2) is 0 Å². The van der Waals surface area contributed by atoms with Crippen LogP contribution in [0.25, 0.3) is 0 Å². The zero-order chi connectivity index (χ0) is 15.5. The van der Waals surface area contributed by atoms with Crippen molar-refractivity contribution >= 4 is 15.9 Å². The third-order valence-electron chi connectivity index (χ3n) is 4.89. The molecule has 1 aromatic rings. The minimum atomic E-state index is -0.366. The van der Waals surface area contributed by atoms with Gasteiger partial charge in [-0.1, -0.05) is 42.3 Å². The largest absolute Gasteiger partial charge is 0.494 e. The summed E-state index contributed by atoms with van der Waals surface area (Å²) >= 11 is 3.44. The lowest BCUT2D eigenvalue weighted by molar-refractivity contribution is -0.0961. The van der Waals surface area contributed by atoms with E-state index in [1.807, 2.05) is 24.3 Å². The van der Waals surface area contributed by atoms with Crippen LogP contribution in [0, 0.1) is 10.8 Å². The maximum atomic E-state index is 10.7. The molecular weight excluding hydrogens is 330 g/mol. The van der Waals surface area contributed by atoms with E-state index < -0.39 is 0 Å². The second-order valence-corrected chi connectivity index (χ2v) is 7.78. The molecule has 1 aliphatic carbocycles. The molecule has 4 heteroatoms. The van der Waals surface area contributed by atoms with Crippen LogP contribution in [0.3, 0.4) is 0 Å². The van der Waals surface area contributed by atoms with E-state index in [1.165, 1.54) is 0 Å². The number of benzene rings is 1. The summed E-state index contributed by atoms with van der Waals surface area (Å²) in [4.78, 5) is 0. The summed E-state index contributed by atoms with van der Waals surface area (Å²) in [6, 6.07) is 7.83. The molecule has 3 nitrogen and oxygen atoms in total. The van der Waals surface area contributed by atoms with Gasteiger partial charge in [0.05, 0.1) is 12.7 Å². The van der Waals surface area contributed by atoms with E-state index in [0.717, 1.165) is 35.9 Å². The first-order chi connectivity index (χ1) is 9.89. The normalized spacial score (nSPS) is 28.3. The van der Waals surface area contributed by atoms with Gasteiger partial charge in [0.25, 0.3) is 0 Å². The van der Waals surface area contributed by atoms with Gasteiger partial charge in [-0.15, -0.1) is 0 Å². The third kappa shape index (κ3) is 3.79. The fourth-order valence-corrected chi connectivity index (χ4v) is 3.88. The molecular formula is C17H26BrNO2. The van der Waals surface area contributed by atoms with Crippen LogP contribution in [0.2, 0.25) is 0 Å². The van der Waals surface area contributed by atoms with Crippen LogP contribution in [0.1, 0.15) is 39.5 Å². The van der Waals surface area contributed by atoms with Crippen LogP contribution in [0.4, 0.5) is 0 Å². The first kappa shape index (κ1) is 16.8. The molecule has 0 radical (unpaired) electrons. The second kappa shape index (κ2) is 6.67. The van der Waals surface area contributed by atoms with E-state index >= 15 is 0 Å². The zero-order valence-corrected chi connectivity index (χ0v) is 14.5. The topological polar surface area (TPSA) is 55.5 Å². The Morgan fingerprint density at radius 2 is 2.14 bits per heavy atom. The van der Waals surface area contributed by atoms with Crippen molar-refractivity contribution < 1.29 is 9.84 Å². The molecule has 0 heterocycles.